The number of amides is 1. The summed E-state index contributed by atoms with van der Waals surface area (Å²) < 4.78 is 5.30. The maximum absolute atomic E-state index is 12.2. The van der Waals surface area contributed by atoms with E-state index < -0.39 is 6.10 Å². The molecule has 1 amide bonds. The SMILES string of the molecule is C=CCOC[C@H](O)CN1CCN(c2ccc(NC(=O)c3ccccc3)cn2)CC1. The number of piperazine rings is 1. The van der Waals surface area contributed by atoms with Crippen molar-refractivity contribution in [3.05, 3.63) is 66.9 Å². The normalized spacial score (nSPS) is 15.7. The van der Waals surface area contributed by atoms with Crippen molar-refractivity contribution >= 4 is 17.4 Å². The predicted octanol–water partition coefficient (Wildman–Crippen LogP) is 2.02. The van der Waals surface area contributed by atoms with Crippen LogP contribution in [-0.2, 0) is 4.74 Å². The number of benzene rings is 1. The molecule has 0 saturated carbocycles. The molecule has 154 valence electrons. The van der Waals surface area contributed by atoms with Crippen molar-refractivity contribution in [3.63, 3.8) is 0 Å². The van der Waals surface area contributed by atoms with Gasteiger partial charge in [-0.05, 0) is 24.3 Å². The highest BCUT2D eigenvalue weighted by Gasteiger charge is 2.20. The van der Waals surface area contributed by atoms with Crippen molar-refractivity contribution in [1.29, 1.82) is 0 Å². The number of aliphatic hydroxyl groups is 1. The molecule has 7 nitrogen and oxygen atoms in total. The Balaban J connectivity index is 1.45. The van der Waals surface area contributed by atoms with Crippen LogP contribution in [-0.4, -0.2) is 72.9 Å². The lowest BCUT2D eigenvalue weighted by molar-refractivity contribution is 0.0252. The van der Waals surface area contributed by atoms with Gasteiger partial charge in [-0.25, -0.2) is 4.98 Å². The number of carbonyl (C=O) groups excluding carboxylic acids is 1. The van der Waals surface area contributed by atoms with Gasteiger partial charge >= 0.3 is 0 Å². The first-order valence-corrected chi connectivity index (χ1v) is 9.82. The van der Waals surface area contributed by atoms with Gasteiger partial charge in [-0.15, -0.1) is 6.58 Å². The van der Waals surface area contributed by atoms with Crippen LogP contribution in [0.2, 0.25) is 0 Å². The fraction of sp³-hybridized carbons (Fsp3) is 0.364. The van der Waals surface area contributed by atoms with Gasteiger partial charge in [0.25, 0.3) is 5.91 Å². The highest BCUT2D eigenvalue weighted by Crippen LogP contribution is 2.17. The molecule has 1 fully saturated rings. The Morgan fingerprint density at radius 1 is 1.21 bits per heavy atom. The Morgan fingerprint density at radius 3 is 2.62 bits per heavy atom. The van der Waals surface area contributed by atoms with Crippen molar-refractivity contribution in [2.75, 3.05) is 56.2 Å². The third-order valence-corrected chi connectivity index (χ3v) is 4.75. The standard InChI is InChI=1S/C22H28N4O3/c1-2-14-29-17-20(27)16-25-10-12-26(13-11-25)21-9-8-19(15-23-21)24-22(28)18-6-4-3-5-7-18/h2-9,15,20,27H,1,10-14,16-17H2,(H,24,28)/t20-/m1/s1. The van der Waals surface area contributed by atoms with E-state index in [0.717, 1.165) is 32.0 Å². The van der Waals surface area contributed by atoms with E-state index >= 15 is 0 Å². The molecule has 1 aliphatic rings. The molecule has 0 radical (unpaired) electrons. The quantitative estimate of drug-likeness (QED) is 0.499. The number of hydrogen-bond acceptors (Lipinski definition) is 6. The van der Waals surface area contributed by atoms with Gasteiger partial charge in [0.15, 0.2) is 0 Å². The number of pyridine rings is 1. The monoisotopic (exact) mass is 396 g/mol. The van der Waals surface area contributed by atoms with Gasteiger partial charge < -0.3 is 20.1 Å². The Kier molecular flexibility index (Phi) is 7.75. The van der Waals surface area contributed by atoms with Gasteiger partial charge in [0.1, 0.15) is 5.82 Å². The molecule has 0 aliphatic carbocycles. The molecule has 2 heterocycles. The van der Waals surface area contributed by atoms with E-state index in [1.54, 1.807) is 24.4 Å². The molecule has 0 spiro atoms. The number of β-amino-alcohol motifs (C(OH)–C–C–N with tert-alkyl or cyclic N) is 1. The van der Waals surface area contributed by atoms with Crippen LogP contribution >= 0.6 is 0 Å². The minimum absolute atomic E-state index is 0.149. The molecule has 29 heavy (non-hydrogen) atoms. The van der Waals surface area contributed by atoms with Crippen LogP contribution in [0.25, 0.3) is 0 Å². The molecule has 1 aromatic heterocycles. The zero-order valence-electron chi connectivity index (χ0n) is 16.5. The van der Waals surface area contributed by atoms with Crippen LogP contribution in [0.5, 0.6) is 0 Å². The van der Waals surface area contributed by atoms with Gasteiger partial charge in [-0.3, -0.25) is 9.69 Å². The van der Waals surface area contributed by atoms with Gasteiger partial charge in [0.2, 0.25) is 0 Å². The summed E-state index contributed by atoms with van der Waals surface area (Å²) >= 11 is 0. The topological polar surface area (TPSA) is 77.9 Å². The lowest BCUT2D eigenvalue weighted by atomic mass is 10.2. The van der Waals surface area contributed by atoms with Crippen molar-refractivity contribution in [1.82, 2.24) is 9.88 Å². The Morgan fingerprint density at radius 2 is 1.97 bits per heavy atom. The smallest absolute Gasteiger partial charge is 0.255 e. The molecule has 1 aliphatic heterocycles. The minimum atomic E-state index is -0.493. The Labute approximate surface area is 171 Å². The minimum Gasteiger partial charge on any atom is -0.389 e. The number of aliphatic hydroxyl groups excluding tert-OH is 1. The number of carbonyl (C=O) groups is 1. The van der Waals surface area contributed by atoms with Crippen LogP contribution in [0.15, 0.2) is 61.3 Å². The maximum atomic E-state index is 12.2. The molecule has 0 bridgehead atoms. The summed E-state index contributed by atoms with van der Waals surface area (Å²) in [6.07, 6.45) is 2.87. The van der Waals surface area contributed by atoms with Gasteiger partial charge in [0.05, 0.1) is 31.2 Å². The molecule has 7 heteroatoms. The molecule has 2 aromatic rings. The first kappa shape index (κ1) is 21.0. The van der Waals surface area contributed by atoms with Crippen LogP contribution in [0.1, 0.15) is 10.4 Å². The zero-order valence-corrected chi connectivity index (χ0v) is 16.5. The molecule has 1 saturated heterocycles. The number of aromatic nitrogens is 1. The average molecular weight is 396 g/mol. The van der Waals surface area contributed by atoms with Crippen LogP contribution in [0.3, 0.4) is 0 Å². The van der Waals surface area contributed by atoms with E-state index in [9.17, 15) is 9.90 Å². The number of ether oxygens (including phenoxy) is 1. The summed E-state index contributed by atoms with van der Waals surface area (Å²) in [6.45, 7) is 8.35. The molecule has 1 aromatic carbocycles. The van der Waals surface area contributed by atoms with Gasteiger partial charge in [-0.2, -0.15) is 0 Å². The summed E-state index contributed by atoms with van der Waals surface area (Å²) in [5.74, 6) is 0.738. The van der Waals surface area contributed by atoms with Crippen molar-refractivity contribution in [3.8, 4) is 0 Å². The lowest BCUT2D eigenvalue weighted by Gasteiger charge is -2.36. The number of nitrogens with one attached hydrogen (secondary N) is 1. The third-order valence-electron chi connectivity index (χ3n) is 4.75. The second-order valence-electron chi connectivity index (χ2n) is 6.99. The highest BCUT2D eigenvalue weighted by molar-refractivity contribution is 6.04. The number of anilines is 2. The number of rotatable bonds is 9. The van der Waals surface area contributed by atoms with Crippen molar-refractivity contribution in [2.45, 2.75) is 6.10 Å². The maximum Gasteiger partial charge on any atom is 0.255 e. The summed E-state index contributed by atoms with van der Waals surface area (Å²) in [5, 5.41) is 12.9. The first-order chi connectivity index (χ1) is 14.2. The summed E-state index contributed by atoms with van der Waals surface area (Å²) in [5.41, 5.74) is 1.29. The largest absolute Gasteiger partial charge is 0.389 e. The second-order valence-corrected chi connectivity index (χ2v) is 6.99. The van der Waals surface area contributed by atoms with Crippen LogP contribution in [0.4, 0.5) is 11.5 Å². The lowest BCUT2D eigenvalue weighted by Crippen LogP contribution is -2.49. The third kappa shape index (κ3) is 6.39. The fourth-order valence-corrected chi connectivity index (χ4v) is 3.24. The highest BCUT2D eigenvalue weighted by atomic mass is 16.5. The van der Waals surface area contributed by atoms with E-state index in [0.29, 0.717) is 31.0 Å². The van der Waals surface area contributed by atoms with Crippen molar-refractivity contribution in [2.24, 2.45) is 0 Å². The van der Waals surface area contributed by atoms with E-state index in [1.807, 2.05) is 30.3 Å². The molecular weight excluding hydrogens is 368 g/mol. The molecule has 1 atom stereocenters. The average Bonchev–Trinajstić information content (AvgIpc) is 2.76. The molecule has 0 unspecified atom stereocenters. The molecule has 2 N–H and O–H groups in total. The Bertz CT molecular complexity index is 774. The van der Waals surface area contributed by atoms with Crippen molar-refractivity contribution < 1.29 is 14.6 Å². The van der Waals surface area contributed by atoms with E-state index in [-0.39, 0.29) is 5.91 Å². The summed E-state index contributed by atoms with van der Waals surface area (Å²) in [4.78, 5) is 21.2. The zero-order chi connectivity index (χ0) is 20.5. The summed E-state index contributed by atoms with van der Waals surface area (Å²) in [6, 6.07) is 12.9. The van der Waals surface area contributed by atoms with Crippen LogP contribution < -0.4 is 10.2 Å². The summed E-state index contributed by atoms with van der Waals surface area (Å²) in [7, 11) is 0. The second kappa shape index (κ2) is 10.7. The Hall–Kier alpha value is -2.74. The first-order valence-electron chi connectivity index (χ1n) is 9.82. The van der Waals surface area contributed by atoms with Crippen LogP contribution in [0, 0.1) is 0 Å². The predicted molar refractivity (Wildman–Crippen MR) is 114 cm³/mol. The molecule has 3 rings (SSSR count). The van der Waals surface area contributed by atoms with E-state index in [4.69, 9.17) is 4.74 Å². The number of hydrogen-bond donors (Lipinski definition) is 2. The molecular formula is C22H28N4O3. The van der Waals surface area contributed by atoms with Gasteiger partial charge in [0, 0.05) is 38.3 Å². The van der Waals surface area contributed by atoms with E-state index in [2.05, 4.69) is 26.7 Å². The van der Waals surface area contributed by atoms with Gasteiger partial charge in [-0.1, -0.05) is 24.3 Å². The number of nitrogens with zero attached hydrogens (tertiary/aromatic N) is 3. The van der Waals surface area contributed by atoms with E-state index in [1.165, 1.54) is 0 Å². The fourth-order valence-electron chi connectivity index (χ4n) is 3.24.